The lowest BCUT2D eigenvalue weighted by Gasteiger charge is -2.09. The maximum Gasteiger partial charge on any atom is 0.212 e. The zero-order valence-electron chi connectivity index (χ0n) is 10.1. The summed E-state index contributed by atoms with van der Waals surface area (Å²) in [6.07, 6.45) is 1.60. The van der Waals surface area contributed by atoms with E-state index in [9.17, 15) is 4.39 Å². The molecule has 0 spiro atoms. The number of methoxy groups -OCH3 is 2. The first-order valence-electron chi connectivity index (χ1n) is 5.29. The lowest BCUT2D eigenvalue weighted by Crippen LogP contribution is -1.97. The summed E-state index contributed by atoms with van der Waals surface area (Å²) >= 11 is 0. The highest BCUT2D eigenvalue weighted by molar-refractivity contribution is 5.70. The van der Waals surface area contributed by atoms with Gasteiger partial charge in [0.25, 0.3) is 0 Å². The number of rotatable bonds is 3. The highest BCUT2D eigenvalue weighted by Crippen LogP contribution is 2.31. The summed E-state index contributed by atoms with van der Waals surface area (Å²) in [5.41, 5.74) is 6.96. The van der Waals surface area contributed by atoms with Crippen molar-refractivity contribution < 1.29 is 13.9 Å². The highest BCUT2D eigenvalue weighted by atomic mass is 19.1. The van der Waals surface area contributed by atoms with Crippen LogP contribution >= 0.6 is 0 Å². The van der Waals surface area contributed by atoms with Gasteiger partial charge in [-0.2, -0.15) is 0 Å². The fourth-order valence-electron chi connectivity index (χ4n) is 1.60. The van der Waals surface area contributed by atoms with Crippen molar-refractivity contribution in [2.24, 2.45) is 0 Å². The molecule has 4 nitrogen and oxygen atoms in total. The van der Waals surface area contributed by atoms with E-state index < -0.39 is 5.82 Å². The van der Waals surface area contributed by atoms with Crippen molar-refractivity contribution in [2.75, 3.05) is 20.0 Å². The molecular formula is C13H13FN2O2. The zero-order chi connectivity index (χ0) is 13.1. The van der Waals surface area contributed by atoms with Gasteiger partial charge >= 0.3 is 0 Å². The zero-order valence-corrected chi connectivity index (χ0v) is 10.1. The van der Waals surface area contributed by atoms with E-state index in [1.54, 1.807) is 24.4 Å². The van der Waals surface area contributed by atoms with Crippen LogP contribution in [0.15, 0.2) is 30.5 Å². The number of halogens is 1. The van der Waals surface area contributed by atoms with Crippen molar-refractivity contribution in [3.63, 3.8) is 0 Å². The van der Waals surface area contributed by atoms with Gasteiger partial charge < -0.3 is 15.2 Å². The van der Waals surface area contributed by atoms with Crippen molar-refractivity contribution in [3.8, 4) is 22.8 Å². The number of nitrogens with zero attached hydrogens (tertiary/aromatic N) is 1. The van der Waals surface area contributed by atoms with E-state index in [1.165, 1.54) is 20.3 Å². The van der Waals surface area contributed by atoms with Crippen LogP contribution in [-0.4, -0.2) is 19.2 Å². The Bertz CT molecular complexity index is 556. The van der Waals surface area contributed by atoms with E-state index in [-0.39, 0.29) is 5.69 Å². The van der Waals surface area contributed by atoms with Crippen molar-refractivity contribution in [1.82, 2.24) is 4.98 Å². The van der Waals surface area contributed by atoms with Crippen LogP contribution < -0.4 is 15.2 Å². The van der Waals surface area contributed by atoms with Gasteiger partial charge in [0.15, 0.2) is 5.82 Å². The molecule has 94 valence electrons. The minimum Gasteiger partial charge on any atom is -0.494 e. The molecule has 0 radical (unpaired) electrons. The average molecular weight is 248 g/mol. The third kappa shape index (κ3) is 2.20. The first-order chi connectivity index (χ1) is 8.65. The third-order valence-electron chi connectivity index (χ3n) is 2.59. The lowest BCUT2D eigenvalue weighted by molar-refractivity contribution is 0.398. The fraction of sp³-hybridized carbons (Fsp3) is 0.154. The Labute approximate surface area is 104 Å². The molecule has 0 atom stereocenters. The maximum absolute atomic E-state index is 13.6. The van der Waals surface area contributed by atoms with Crippen molar-refractivity contribution >= 4 is 5.69 Å². The van der Waals surface area contributed by atoms with E-state index in [2.05, 4.69) is 4.98 Å². The summed E-state index contributed by atoms with van der Waals surface area (Å²) in [6.45, 7) is 0. The monoisotopic (exact) mass is 248 g/mol. The molecule has 5 heteroatoms. The summed E-state index contributed by atoms with van der Waals surface area (Å²) in [5.74, 6) is 0.294. The molecule has 2 rings (SSSR count). The molecule has 0 amide bonds. The minimum absolute atomic E-state index is 0.00252. The molecule has 0 aliphatic rings. The number of pyridine rings is 1. The van der Waals surface area contributed by atoms with Crippen LogP contribution in [0.3, 0.4) is 0 Å². The largest absolute Gasteiger partial charge is 0.494 e. The van der Waals surface area contributed by atoms with Crippen LogP contribution in [0.4, 0.5) is 10.1 Å². The summed E-state index contributed by atoms with van der Waals surface area (Å²) in [7, 11) is 2.98. The standard InChI is InChI=1S/C13H13FN2O2/c1-17-11-6-9(5-10(14)13(11)15)8-3-4-12(18-2)16-7-8/h3-7H,15H2,1-2H3. The number of hydrogen-bond donors (Lipinski definition) is 1. The number of aromatic nitrogens is 1. The minimum atomic E-state index is -0.514. The number of ether oxygens (including phenoxy) is 2. The summed E-state index contributed by atoms with van der Waals surface area (Å²) < 4.78 is 23.6. The summed E-state index contributed by atoms with van der Waals surface area (Å²) in [6, 6.07) is 6.51. The normalized spacial score (nSPS) is 10.2. The first kappa shape index (κ1) is 12.2. The second-order valence-corrected chi connectivity index (χ2v) is 3.66. The number of hydrogen-bond acceptors (Lipinski definition) is 4. The lowest BCUT2D eigenvalue weighted by atomic mass is 10.1. The van der Waals surface area contributed by atoms with Crippen LogP contribution in [0.5, 0.6) is 11.6 Å². The molecule has 0 saturated heterocycles. The van der Waals surface area contributed by atoms with E-state index in [0.717, 1.165) is 5.56 Å². The molecule has 1 aromatic carbocycles. The van der Waals surface area contributed by atoms with Crippen LogP contribution in [0, 0.1) is 5.82 Å². The molecule has 2 aromatic rings. The Balaban J connectivity index is 2.46. The Morgan fingerprint density at radius 2 is 1.89 bits per heavy atom. The van der Waals surface area contributed by atoms with E-state index in [4.69, 9.17) is 15.2 Å². The van der Waals surface area contributed by atoms with Gasteiger partial charge in [0.05, 0.1) is 14.2 Å². The molecule has 2 N–H and O–H groups in total. The molecule has 0 fully saturated rings. The average Bonchev–Trinajstić information content (AvgIpc) is 2.42. The van der Waals surface area contributed by atoms with Crippen molar-refractivity contribution in [2.45, 2.75) is 0 Å². The van der Waals surface area contributed by atoms with E-state index >= 15 is 0 Å². The Kier molecular flexibility index (Phi) is 3.32. The SMILES string of the molecule is COc1ccc(-c2cc(F)c(N)c(OC)c2)cn1. The first-order valence-corrected chi connectivity index (χ1v) is 5.29. The fourth-order valence-corrected chi connectivity index (χ4v) is 1.60. The summed E-state index contributed by atoms with van der Waals surface area (Å²) in [4.78, 5) is 4.06. The second-order valence-electron chi connectivity index (χ2n) is 3.66. The maximum atomic E-state index is 13.6. The van der Waals surface area contributed by atoms with Gasteiger partial charge in [-0.05, 0) is 23.8 Å². The van der Waals surface area contributed by atoms with Crippen LogP contribution in [-0.2, 0) is 0 Å². The summed E-state index contributed by atoms with van der Waals surface area (Å²) in [5, 5.41) is 0. The Hall–Kier alpha value is -2.30. The molecule has 0 unspecified atom stereocenters. The van der Waals surface area contributed by atoms with Gasteiger partial charge in [-0.25, -0.2) is 9.37 Å². The van der Waals surface area contributed by atoms with Gasteiger partial charge in [0.2, 0.25) is 5.88 Å². The molecule has 1 heterocycles. The van der Waals surface area contributed by atoms with Crippen LogP contribution in [0.1, 0.15) is 0 Å². The molecule has 0 aliphatic heterocycles. The smallest absolute Gasteiger partial charge is 0.212 e. The number of benzene rings is 1. The molecule has 18 heavy (non-hydrogen) atoms. The number of anilines is 1. The Morgan fingerprint density at radius 3 is 2.44 bits per heavy atom. The van der Waals surface area contributed by atoms with Crippen molar-refractivity contribution in [1.29, 1.82) is 0 Å². The van der Waals surface area contributed by atoms with Gasteiger partial charge in [-0.3, -0.25) is 0 Å². The van der Waals surface area contributed by atoms with Crippen LogP contribution in [0.25, 0.3) is 11.1 Å². The molecular weight excluding hydrogens is 235 g/mol. The topological polar surface area (TPSA) is 57.4 Å². The van der Waals surface area contributed by atoms with Crippen molar-refractivity contribution in [3.05, 3.63) is 36.3 Å². The van der Waals surface area contributed by atoms with Gasteiger partial charge in [0.1, 0.15) is 11.4 Å². The van der Waals surface area contributed by atoms with Gasteiger partial charge in [-0.1, -0.05) is 0 Å². The number of nitrogen functional groups attached to an aromatic ring is 1. The molecule has 1 aromatic heterocycles. The molecule has 0 saturated carbocycles. The third-order valence-corrected chi connectivity index (χ3v) is 2.59. The van der Waals surface area contributed by atoms with Crippen LogP contribution in [0.2, 0.25) is 0 Å². The predicted octanol–water partition coefficient (Wildman–Crippen LogP) is 2.49. The van der Waals surface area contributed by atoms with Gasteiger partial charge in [-0.15, -0.1) is 0 Å². The van der Waals surface area contributed by atoms with Gasteiger partial charge in [0, 0.05) is 17.8 Å². The van der Waals surface area contributed by atoms with E-state index in [0.29, 0.717) is 17.2 Å². The quantitative estimate of drug-likeness (QED) is 0.848. The highest BCUT2D eigenvalue weighted by Gasteiger charge is 2.10. The molecule has 0 aliphatic carbocycles. The number of nitrogens with two attached hydrogens (primary N) is 1. The Morgan fingerprint density at radius 1 is 1.11 bits per heavy atom. The molecule has 0 bridgehead atoms. The second kappa shape index (κ2) is 4.91. The predicted molar refractivity (Wildman–Crippen MR) is 67.1 cm³/mol. The van der Waals surface area contributed by atoms with E-state index in [1.807, 2.05) is 0 Å².